The van der Waals surface area contributed by atoms with Gasteiger partial charge in [0.1, 0.15) is 0 Å². The second-order valence-electron chi connectivity index (χ2n) is 10.9. The Hall–Kier alpha value is -3.72. The fourth-order valence-electron chi connectivity index (χ4n) is 5.68. The highest BCUT2D eigenvalue weighted by Crippen LogP contribution is 2.51. The molecule has 2 aromatic carbocycles. The van der Waals surface area contributed by atoms with Crippen LogP contribution in [-0.2, 0) is 23.2 Å². The van der Waals surface area contributed by atoms with Crippen molar-refractivity contribution in [3.05, 3.63) is 130 Å². The molecular weight excluding hydrogens is 500 g/mol. The Balaban J connectivity index is 0.000000966. The predicted octanol–water partition coefficient (Wildman–Crippen LogP) is 9.90. The lowest BCUT2D eigenvalue weighted by molar-refractivity contribution is -0.112. The van der Waals surface area contributed by atoms with Crippen LogP contribution in [0.3, 0.4) is 0 Å². The normalized spacial score (nSPS) is 17.4. The number of rotatable bonds is 6. The van der Waals surface area contributed by atoms with E-state index in [0.29, 0.717) is 0 Å². The van der Waals surface area contributed by atoms with Crippen molar-refractivity contribution in [1.82, 2.24) is 9.55 Å². The number of ketones is 1. The third-order valence-corrected chi connectivity index (χ3v) is 7.55. The molecule has 0 N–H and O–H groups in total. The molecule has 1 aromatic heterocycles. The fraction of sp³-hybridized carbons (Fsp3) is 0.368. The van der Waals surface area contributed by atoms with E-state index in [0.717, 1.165) is 41.7 Å². The zero-order valence-electron chi connectivity index (χ0n) is 26.6. The predicted molar refractivity (Wildman–Crippen MR) is 178 cm³/mol. The zero-order valence-corrected chi connectivity index (χ0v) is 26.6. The van der Waals surface area contributed by atoms with Crippen LogP contribution in [0.4, 0.5) is 0 Å². The molecule has 0 saturated carbocycles. The topological polar surface area (TPSA) is 34.9 Å². The van der Waals surface area contributed by atoms with Gasteiger partial charge in [-0.05, 0) is 86.6 Å². The number of hydrogen-bond donors (Lipinski definition) is 0. The number of fused-ring (bicyclic) bond motifs is 1. The van der Waals surface area contributed by atoms with E-state index in [-0.39, 0.29) is 12.6 Å². The van der Waals surface area contributed by atoms with Crippen LogP contribution in [0.5, 0.6) is 0 Å². The molecule has 0 saturated heterocycles. The lowest BCUT2D eigenvalue weighted by atomic mass is 9.60. The first-order chi connectivity index (χ1) is 19.7. The van der Waals surface area contributed by atoms with Gasteiger partial charge in [-0.1, -0.05) is 106 Å². The Morgan fingerprint density at radius 1 is 1.02 bits per heavy atom. The quantitative estimate of drug-likeness (QED) is 0.286. The van der Waals surface area contributed by atoms with Crippen molar-refractivity contribution < 1.29 is 6.22 Å². The minimum Gasteiger partial charge on any atom is -0.333 e. The van der Waals surface area contributed by atoms with E-state index >= 15 is 0 Å². The number of carbonyl (C=O) groups is 1. The standard InChI is InChI=1S/C33H34N2O.C3H8.C2H6.H2/c1-6-35-21-34-31-20-33(32(31)35,27-14-11-22(2)12-15-27)28-16-13-24(4)29(19-28)30(18-25(5)36)26-10-8-7-9-23(3)17-26;1-3-2;1-2;/h7,9-19,21H,6,8,20H2,1-5H3;3H2,1-2H3;1-2H3;1H/b30-18-;;;. The average Bonchev–Trinajstić information content (AvgIpc) is 3.13. The fourth-order valence-corrected chi connectivity index (χ4v) is 5.68. The molecule has 1 unspecified atom stereocenters. The number of benzene rings is 2. The number of carbonyl (C=O) groups excluding carboxylic acids is 1. The van der Waals surface area contributed by atoms with E-state index in [1.165, 1.54) is 40.1 Å². The molecule has 0 amide bonds. The summed E-state index contributed by atoms with van der Waals surface area (Å²) in [5, 5.41) is 0. The minimum absolute atomic E-state index is 0. The maximum Gasteiger partial charge on any atom is 0.153 e. The van der Waals surface area contributed by atoms with Crippen molar-refractivity contribution >= 4 is 11.4 Å². The Kier molecular flexibility index (Phi) is 11.1. The Morgan fingerprint density at radius 3 is 2.32 bits per heavy atom. The smallest absolute Gasteiger partial charge is 0.153 e. The number of hydrogen-bond acceptors (Lipinski definition) is 2. The van der Waals surface area contributed by atoms with Crippen molar-refractivity contribution in [3.63, 3.8) is 0 Å². The number of aryl methyl sites for hydroxylation is 3. The summed E-state index contributed by atoms with van der Waals surface area (Å²) in [6, 6.07) is 15.7. The molecule has 5 rings (SSSR count). The van der Waals surface area contributed by atoms with E-state index in [1.54, 1.807) is 13.0 Å². The number of imidazole rings is 1. The Labute approximate surface area is 249 Å². The van der Waals surface area contributed by atoms with E-state index < -0.39 is 0 Å². The molecule has 3 heteroatoms. The summed E-state index contributed by atoms with van der Waals surface area (Å²) in [6.45, 7) is 19.3. The van der Waals surface area contributed by atoms with Crippen LogP contribution < -0.4 is 0 Å². The van der Waals surface area contributed by atoms with Crippen LogP contribution in [0.25, 0.3) is 5.57 Å². The van der Waals surface area contributed by atoms with Crippen molar-refractivity contribution in [3.8, 4) is 0 Å². The molecule has 0 bridgehead atoms. The first-order valence-electron chi connectivity index (χ1n) is 15.3. The van der Waals surface area contributed by atoms with Crippen LogP contribution in [-0.4, -0.2) is 15.3 Å². The van der Waals surface area contributed by atoms with Crippen LogP contribution in [0.15, 0.2) is 90.3 Å². The van der Waals surface area contributed by atoms with Gasteiger partial charge in [0.05, 0.1) is 23.1 Å². The minimum atomic E-state index is -0.259. The third-order valence-electron chi connectivity index (χ3n) is 7.55. The molecule has 2 aliphatic carbocycles. The summed E-state index contributed by atoms with van der Waals surface area (Å²) in [7, 11) is 0. The summed E-state index contributed by atoms with van der Waals surface area (Å²) < 4.78 is 2.29. The van der Waals surface area contributed by atoms with Gasteiger partial charge in [0, 0.05) is 14.4 Å². The number of aromatic nitrogens is 2. The van der Waals surface area contributed by atoms with Gasteiger partial charge < -0.3 is 4.57 Å². The molecule has 3 nitrogen and oxygen atoms in total. The van der Waals surface area contributed by atoms with E-state index in [2.05, 4.69) is 113 Å². The zero-order chi connectivity index (χ0) is 30.2. The van der Waals surface area contributed by atoms with Crippen LogP contribution >= 0.6 is 0 Å². The summed E-state index contributed by atoms with van der Waals surface area (Å²) in [6.07, 6.45) is 15.5. The summed E-state index contributed by atoms with van der Waals surface area (Å²) in [5.41, 5.74) is 11.6. The largest absolute Gasteiger partial charge is 0.333 e. The summed E-state index contributed by atoms with van der Waals surface area (Å²) in [5.74, 6) is 0.0576. The SMILES string of the molecule is CC.CCC.CCn1cnc2c1C(c1ccc(C)cc1)(c1ccc(C)c(/C(=C\C(C)=O)C3=CCC=CC(C)=C3)c1)C2.[HH]. The van der Waals surface area contributed by atoms with Gasteiger partial charge in [0.2, 0.25) is 0 Å². The van der Waals surface area contributed by atoms with Gasteiger partial charge in [-0.3, -0.25) is 4.79 Å². The molecule has 0 fully saturated rings. The molecule has 41 heavy (non-hydrogen) atoms. The van der Waals surface area contributed by atoms with Gasteiger partial charge in [0.15, 0.2) is 5.78 Å². The first kappa shape index (κ1) is 31.8. The molecule has 218 valence electrons. The average molecular weight is 551 g/mol. The van der Waals surface area contributed by atoms with Crippen LogP contribution in [0.1, 0.15) is 102 Å². The summed E-state index contributed by atoms with van der Waals surface area (Å²) in [4.78, 5) is 17.1. The van der Waals surface area contributed by atoms with Crippen molar-refractivity contribution in [2.24, 2.45) is 0 Å². The van der Waals surface area contributed by atoms with Gasteiger partial charge in [-0.15, -0.1) is 0 Å². The lowest BCUT2D eigenvalue weighted by Crippen LogP contribution is -2.43. The lowest BCUT2D eigenvalue weighted by Gasteiger charge is -2.43. The molecule has 0 aliphatic heterocycles. The third kappa shape index (κ3) is 6.62. The monoisotopic (exact) mass is 550 g/mol. The molecule has 0 radical (unpaired) electrons. The molecular formula is C38H50N2O. The second-order valence-corrected chi connectivity index (χ2v) is 10.9. The molecule has 0 spiro atoms. The van der Waals surface area contributed by atoms with E-state index in [4.69, 9.17) is 4.98 Å². The highest BCUT2D eigenvalue weighted by atomic mass is 16.1. The van der Waals surface area contributed by atoms with Crippen molar-refractivity contribution in [2.45, 2.75) is 93.5 Å². The summed E-state index contributed by atoms with van der Waals surface area (Å²) >= 11 is 0. The van der Waals surface area contributed by atoms with Gasteiger partial charge in [-0.2, -0.15) is 0 Å². The van der Waals surface area contributed by atoms with Gasteiger partial charge >= 0.3 is 0 Å². The molecule has 1 heterocycles. The molecule has 3 aromatic rings. The number of nitrogens with zero attached hydrogens (tertiary/aromatic N) is 2. The maximum atomic E-state index is 12.4. The van der Waals surface area contributed by atoms with E-state index in [9.17, 15) is 4.79 Å². The van der Waals surface area contributed by atoms with Crippen molar-refractivity contribution in [2.75, 3.05) is 0 Å². The van der Waals surface area contributed by atoms with Crippen molar-refractivity contribution in [1.29, 1.82) is 0 Å². The molecule has 1 atom stereocenters. The second kappa shape index (κ2) is 14.3. The highest BCUT2D eigenvalue weighted by Gasteiger charge is 2.49. The first-order valence-corrected chi connectivity index (χ1v) is 15.3. The Morgan fingerprint density at radius 2 is 1.68 bits per heavy atom. The number of allylic oxidation sites excluding steroid dienone is 8. The molecule has 2 aliphatic rings. The highest BCUT2D eigenvalue weighted by molar-refractivity contribution is 6.00. The van der Waals surface area contributed by atoms with E-state index in [1.807, 2.05) is 20.2 Å². The van der Waals surface area contributed by atoms with Crippen LogP contribution in [0.2, 0.25) is 0 Å². The van der Waals surface area contributed by atoms with Crippen LogP contribution in [0, 0.1) is 13.8 Å². The maximum absolute atomic E-state index is 12.4. The Bertz CT molecular complexity index is 1480. The van der Waals surface area contributed by atoms with Gasteiger partial charge in [-0.25, -0.2) is 4.98 Å². The van der Waals surface area contributed by atoms with Gasteiger partial charge in [0.25, 0.3) is 0 Å².